The van der Waals surface area contributed by atoms with Crippen molar-refractivity contribution < 1.29 is 19.1 Å². The number of hydrogen-bond donors (Lipinski definition) is 2. The average Bonchev–Trinajstić information content (AvgIpc) is 3.09. The minimum Gasteiger partial charge on any atom is -0.451 e. The number of ether oxygens (including phenoxy) is 1. The first-order chi connectivity index (χ1) is 11.5. The average molecular weight is 411 g/mol. The van der Waals surface area contributed by atoms with Crippen LogP contribution in [-0.2, 0) is 14.3 Å². The van der Waals surface area contributed by atoms with Gasteiger partial charge in [0.05, 0.1) is 4.88 Å². The maximum Gasteiger partial charge on any atom is 0.326 e. The van der Waals surface area contributed by atoms with E-state index in [9.17, 15) is 14.4 Å². The fourth-order valence-electron chi connectivity index (χ4n) is 1.72. The number of amides is 2. The van der Waals surface area contributed by atoms with Crippen molar-refractivity contribution in [2.45, 2.75) is 13.0 Å². The Labute approximate surface area is 151 Å². The Balaban J connectivity index is 1.77. The van der Waals surface area contributed by atoms with Gasteiger partial charge in [-0.15, -0.1) is 11.3 Å². The highest BCUT2D eigenvalue weighted by Gasteiger charge is 2.18. The van der Waals surface area contributed by atoms with Crippen molar-refractivity contribution in [2.75, 3.05) is 11.9 Å². The third-order valence-corrected chi connectivity index (χ3v) is 4.32. The van der Waals surface area contributed by atoms with Crippen LogP contribution in [0.3, 0.4) is 0 Å². The Hall–Kier alpha value is -2.19. The molecule has 0 bridgehead atoms. The van der Waals surface area contributed by atoms with Gasteiger partial charge in [0.15, 0.2) is 6.10 Å². The molecule has 0 saturated heterocycles. The number of hydrogen-bond acceptors (Lipinski definition) is 5. The molecule has 0 saturated carbocycles. The molecule has 0 spiro atoms. The number of halogens is 1. The van der Waals surface area contributed by atoms with Crippen molar-refractivity contribution in [1.29, 1.82) is 0 Å². The standard InChI is InChI=1S/C16H15BrN2O4S/c1-10(15(21)19-12-6-4-11(17)5-7-12)23-14(20)9-18-16(22)13-3-2-8-24-13/h2-8,10H,9H2,1H3,(H,18,22)(H,19,21)/t10-/m0/s1. The molecule has 1 aromatic heterocycles. The van der Waals surface area contributed by atoms with E-state index < -0.39 is 18.0 Å². The van der Waals surface area contributed by atoms with Crippen LogP contribution in [-0.4, -0.2) is 30.4 Å². The fraction of sp³-hybridized carbons (Fsp3) is 0.188. The van der Waals surface area contributed by atoms with Crippen molar-refractivity contribution >= 4 is 50.7 Å². The predicted molar refractivity (Wildman–Crippen MR) is 95.0 cm³/mol. The van der Waals surface area contributed by atoms with Gasteiger partial charge in [-0.3, -0.25) is 14.4 Å². The SMILES string of the molecule is C[C@H](OC(=O)CNC(=O)c1cccs1)C(=O)Nc1ccc(Br)cc1. The van der Waals surface area contributed by atoms with Gasteiger partial charge in [-0.2, -0.15) is 0 Å². The van der Waals surface area contributed by atoms with Gasteiger partial charge < -0.3 is 15.4 Å². The number of carbonyl (C=O) groups is 3. The monoisotopic (exact) mass is 410 g/mol. The number of nitrogens with one attached hydrogen (secondary N) is 2. The third kappa shape index (κ3) is 5.47. The molecular formula is C16H15BrN2O4S. The molecule has 0 radical (unpaired) electrons. The Bertz CT molecular complexity index is 716. The molecule has 2 aromatic rings. The van der Waals surface area contributed by atoms with E-state index >= 15 is 0 Å². The van der Waals surface area contributed by atoms with Crippen molar-refractivity contribution in [2.24, 2.45) is 0 Å². The summed E-state index contributed by atoms with van der Waals surface area (Å²) in [6, 6.07) is 10.4. The summed E-state index contributed by atoms with van der Waals surface area (Å²) in [5.74, 6) is -1.48. The minimum absolute atomic E-state index is 0.299. The Kier molecular flexibility index (Phi) is 6.51. The normalized spacial score (nSPS) is 11.4. The van der Waals surface area contributed by atoms with Crippen LogP contribution in [0.4, 0.5) is 5.69 Å². The van der Waals surface area contributed by atoms with Gasteiger partial charge in [-0.25, -0.2) is 0 Å². The zero-order chi connectivity index (χ0) is 17.5. The molecular weight excluding hydrogens is 396 g/mol. The van der Waals surface area contributed by atoms with Crippen molar-refractivity contribution in [3.8, 4) is 0 Å². The largest absolute Gasteiger partial charge is 0.451 e. The molecule has 0 fully saturated rings. The second kappa shape index (κ2) is 8.60. The van der Waals surface area contributed by atoms with Crippen LogP contribution >= 0.6 is 27.3 Å². The lowest BCUT2D eigenvalue weighted by molar-refractivity contribution is -0.152. The van der Waals surface area contributed by atoms with E-state index in [0.29, 0.717) is 10.6 Å². The lowest BCUT2D eigenvalue weighted by Crippen LogP contribution is -2.35. The lowest BCUT2D eigenvalue weighted by Gasteiger charge is -2.13. The van der Waals surface area contributed by atoms with Gasteiger partial charge in [0, 0.05) is 10.2 Å². The molecule has 1 heterocycles. The number of esters is 1. The summed E-state index contributed by atoms with van der Waals surface area (Å²) in [6.45, 7) is 1.17. The zero-order valence-electron chi connectivity index (χ0n) is 12.7. The van der Waals surface area contributed by atoms with Gasteiger partial charge in [-0.05, 0) is 42.6 Å². The van der Waals surface area contributed by atoms with Gasteiger partial charge in [-0.1, -0.05) is 22.0 Å². The van der Waals surface area contributed by atoms with Crippen LogP contribution in [0.25, 0.3) is 0 Å². The molecule has 0 aliphatic heterocycles. The van der Waals surface area contributed by atoms with Crippen molar-refractivity contribution in [3.63, 3.8) is 0 Å². The fourth-order valence-corrected chi connectivity index (χ4v) is 2.62. The summed E-state index contributed by atoms with van der Waals surface area (Å²) >= 11 is 4.57. The van der Waals surface area contributed by atoms with Crippen LogP contribution in [0.2, 0.25) is 0 Å². The number of carbonyl (C=O) groups excluding carboxylic acids is 3. The first-order valence-corrected chi connectivity index (χ1v) is 8.70. The highest BCUT2D eigenvalue weighted by Crippen LogP contribution is 2.14. The van der Waals surface area contributed by atoms with Crippen molar-refractivity contribution in [3.05, 3.63) is 51.1 Å². The Morgan fingerprint density at radius 2 is 1.92 bits per heavy atom. The first kappa shape index (κ1) is 18.2. The number of thiophene rings is 1. The molecule has 0 aliphatic carbocycles. The van der Waals surface area contributed by atoms with Gasteiger partial charge >= 0.3 is 5.97 Å². The number of benzene rings is 1. The highest BCUT2D eigenvalue weighted by molar-refractivity contribution is 9.10. The van der Waals surface area contributed by atoms with Crippen LogP contribution in [0.15, 0.2) is 46.3 Å². The molecule has 1 atom stereocenters. The van der Waals surface area contributed by atoms with Crippen LogP contribution in [0.1, 0.15) is 16.6 Å². The molecule has 24 heavy (non-hydrogen) atoms. The Morgan fingerprint density at radius 1 is 1.21 bits per heavy atom. The summed E-state index contributed by atoms with van der Waals surface area (Å²) in [5.41, 5.74) is 0.595. The summed E-state index contributed by atoms with van der Waals surface area (Å²) in [5, 5.41) is 6.85. The molecule has 2 amide bonds. The summed E-state index contributed by atoms with van der Waals surface area (Å²) in [7, 11) is 0. The lowest BCUT2D eigenvalue weighted by atomic mass is 10.3. The first-order valence-electron chi connectivity index (χ1n) is 7.03. The Morgan fingerprint density at radius 3 is 2.54 bits per heavy atom. The van der Waals surface area contributed by atoms with E-state index in [4.69, 9.17) is 4.74 Å². The molecule has 8 heteroatoms. The summed E-state index contributed by atoms with van der Waals surface area (Å²) < 4.78 is 5.89. The topological polar surface area (TPSA) is 84.5 Å². The van der Waals surface area contributed by atoms with Crippen LogP contribution < -0.4 is 10.6 Å². The second-order valence-electron chi connectivity index (χ2n) is 4.79. The summed E-state index contributed by atoms with van der Waals surface area (Å²) in [4.78, 5) is 35.9. The van der Waals surface area contributed by atoms with Gasteiger partial charge in [0.2, 0.25) is 0 Å². The van der Waals surface area contributed by atoms with E-state index in [0.717, 1.165) is 4.47 Å². The predicted octanol–water partition coefficient (Wildman–Crippen LogP) is 2.81. The van der Waals surface area contributed by atoms with Gasteiger partial charge in [0.1, 0.15) is 6.54 Å². The smallest absolute Gasteiger partial charge is 0.326 e. The maximum absolute atomic E-state index is 12.0. The highest BCUT2D eigenvalue weighted by atomic mass is 79.9. The molecule has 0 aliphatic rings. The quantitative estimate of drug-likeness (QED) is 0.716. The summed E-state index contributed by atoms with van der Waals surface area (Å²) in [6.07, 6.45) is -0.972. The molecule has 126 valence electrons. The van der Waals surface area contributed by atoms with E-state index in [1.807, 2.05) is 0 Å². The van der Waals surface area contributed by atoms with E-state index in [-0.39, 0.29) is 12.5 Å². The molecule has 0 unspecified atom stereocenters. The molecule has 1 aromatic carbocycles. The molecule has 6 nitrogen and oxygen atoms in total. The number of rotatable bonds is 6. The maximum atomic E-state index is 12.0. The van der Waals surface area contributed by atoms with Crippen LogP contribution in [0.5, 0.6) is 0 Å². The molecule has 2 rings (SSSR count). The zero-order valence-corrected chi connectivity index (χ0v) is 15.1. The van der Waals surface area contributed by atoms with E-state index in [1.54, 1.807) is 41.8 Å². The number of anilines is 1. The minimum atomic E-state index is -0.972. The van der Waals surface area contributed by atoms with E-state index in [1.165, 1.54) is 18.3 Å². The van der Waals surface area contributed by atoms with Crippen molar-refractivity contribution in [1.82, 2.24) is 5.32 Å². The third-order valence-electron chi connectivity index (χ3n) is 2.93. The van der Waals surface area contributed by atoms with Gasteiger partial charge in [0.25, 0.3) is 11.8 Å². The van der Waals surface area contributed by atoms with Crippen LogP contribution in [0, 0.1) is 0 Å². The van der Waals surface area contributed by atoms with E-state index in [2.05, 4.69) is 26.6 Å². The molecule has 2 N–H and O–H groups in total. The second-order valence-corrected chi connectivity index (χ2v) is 6.65.